The fraction of sp³-hybridized carbons (Fsp3) is 0.400. The lowest BCUT2D eigenvalue weighted by atomic mass is 10.2. The van der Waals surface area contributed by atoms with Gasteiger partial charge in [0.05, 0.1) is 17.8 Å². The van der Waals surface area contributed by atoms with Crippen molar-refractivity contribution in [3.05, 3.63) is 44.6 Å². The van der Waals surface area contributed by atoms with Crippen molar-refractivity contribution in [2.75, 3.05) is 7.05 Å². The highest BCUT2D eigenvalue weighted by atomic mass is 32.1. The number of H-pyrrole nitrogens is 2. The maximum atomic E-state index is 12.0. The molecule has 1 aliphatic rings. The van der Waals surface area contributed by atoms with Crippen molar-refractivity contribution in [2.45, 2.75) is 32.4 Å². The predicted molar refractivity (Wildman–Crippen MR) is 86.0 cm³/mol. The molecule has 22 heavy (non-hydrogen) atoms. The molecule has 3 aromatic rings. The van der Waals surface area contributed by atoms with Gasteiger partial charge in [0.2, 0.25) is 0 Å². The van der Waals surface area contributed by atoms with Crippen LogP contribution in [0.25, 0.3) is 10.2 Å². The molecule has 0 saturated carbocycles. The van der Waals surface area contributed by atoms with Crippen LogP contribution < -0.4 is 5.56 Å². The second-order valence-corrected chi connectivity index (χ2v) is 6.72. The van der Waals surface area contributed by atoms with Gasteiger partial charge in [-0.25, -0.2) is 4.98 Å². The number of aromatic amines is 2. The largest absolute Gasteiger partial charge is 0.308 e. The quantitative estimate of drug-likeness (QED) is 0.770. The molecule has 2 N–H and O–H groups in total. The summed E-state index contributed by atoms with van der Waals surface area (Å²) in [6, 6.07) is 1.89. The zero-order valence-electron chi connectivity index (χ0n) is 12.3. The van der Waals surface area contributed by atoms with Crippen LogP contribution in [0.2, 0.25) is 0 Å². The lowest BCUT2D eigenvalue weighted by molar-refractivity contribution is 0.306. The molecule has 3 heterocycles. The van der Waals surface area contributed by atoms with Crippen molar-refractivity contribution in [3.63, 3.8) is 0 Å². The van der Waals surface area contributed by atoms with Crippen LogP contribution in [0, 0.1) is 0 Å². The molecule has 0 aromatic carbocycles. The number of nitrogens with one attached hydrogen (secondary N) is 2. The van der Waals surface area contributed by atoms with Crippen LogP contribution in [-0.2, 0) is 25.9 Å². The highest BCUT2D eigenvalue weighted by molar-refractivity contribution is 7.17. The van der Waals surface area contributed by atoms with E-state index in [1.165, 1.54) is 29.0 Å². The molecule has 0 bridgehead atoms. The Balaban J connectivity index is 1.53. The summed E-state index contributed by atoms with van der Waals surface area (Å²) in [6.45, 7) is 1.36. The first-order valence-corrected chi connectivity index (χ1v) is 8.28. The number of thiophene rings is 1. The Morgan fingerprint density at radius 2 is 2.27 bits per heavy atom. The highest BCUT2D eigenvalue weighted by Gasteiger charge is 2.19. The summed E-state index contributed by atoms with van der Waals surface area (Å²) in [6.07, 6.45) is 3.44. The fourth-order valence-corrected chi connectivity index (χ4v) is 3.81. The standard InChI is InChI=1S/C15H17N5OS/c1-20(7-12-9-3-2-4-10(9)18-19-12)8-13-16-11-5-6-22-14(11)15(21)17-13/h5-6H,2-4,7-8H2,1H3,(H,18,19)(H,16,17,21). The van der Waals surface area contributed by atoms with Gasteiger partial charge < -0.3 is 4.98 Å². The highest BCUT2D eigenvalue weighted by Crippen LogP contribution is 2.23. The number of nitrogens with zero attached hydrogens (tertiary/aromatic N) is 3. The van der Waals surface area contributed by atoms with Gasteiger partial charge in [0.1, 0.15) is 10.5 Å². The minimum Gasteiger partial charge on any atom is -0.308 e. The van der Waals surface area contributed by atoms with Gasteiger partial charge in [0.15, 0.2) is 0 Å². The smallest absolute Gasteiger partial charge is 0.268 e. The average molecular weight is 315 g/mol. The summed E-state index contributed by atoms with van der Waals surface area (Å²) >= 11 is 1.42. The van der Waals surface area contributed by atoms with E-state index in [1.807, 2.05) is 18.5 Å². The van der Waals surface area contributed by atoms with E-state index in [0.29, 0.717) is 17.1 Å². The molecular formula is C15H17N5OS. The van der Waals surface area contributed by atoms with E-state index in [4.69, 9.17) is 0 Å². The summed E-state index contributed by atoms with van der Waals surface area (Å²) in [4.78, 5) is 21.5. The maximum Gasteiger partial charge on any atom is 0.268 e. The summed E-state index contributed by atoms with van der Waals surface area (Å²) < 4.78 is 0.691. The van der Waals surface area contributed by atoms with Crippen LogP contribution in [-0.4, -0.2) is 32.1 Å². The molecule has 0 atom stereocenters. The number of hydrogen-bond donors (Lipinski definition) is 2. The summed E-state index contributed by atoms with van der Waals surface area (Å²) in [5.74, 6) is 0.700. The molecule has 0 fully saturated rings. The molecule has 7 heteroatoms. The van der Waals surface area contributed by atoms with E-state index >= 15 is 0 Å². The van der Waals surface area contributed by atoms with Crippen molar-refractivity contribution in [1.29, 1.82) is 0 Å². The molecular weight excluding hydrogens is 298 g/mol. The lowest BCUT2D eigenvalue weighted by Gasteiger charge is -2.15. The third-order valence-electron chi connectivity index (χ3n) is 4.10. The normalized spacial score (nSPS) is 14.1. The molecule has 0 spiro atoms. The van der Waals surface area contributed by atoms with Crippen LogP contribution in [0.15, 0.2) is 16.2 Å². The molecule has 0 aliphatic heterocycles. The summed E-state index contributed by atoms with van der Waals surface area (Å²) in [7, 11) is 2.02. The van der Waals surface area contributed by atoms with Crippen LogP contribution >= 0.6 is 11.3 Å². The van der Waals surface area contributed by atoms with Crippen LogP contribution in [0.4, 0.5) is 0 Å². The third-order valence-corrected chi connectivity index (χ3v) is 5.00. The van der Waals surface area contributed by atoms with E-state index in [0.717, 1.165) is 30.6 Å². The van der Waals surface area contributed by atoms with Gasteiger partial charge in [-0.1, -0.05) is 0 Å². The number of hydrogen-bond acceptors (Lipinski definition) is 5. The van der Waals surface area contributed by atoms with E-state index in [-0.39, 0.29) is 5.56 Å². The Morgan fingerprint density at radius 1 is 1.36 bits per heavy atom. The Hall–Kier alpha value is -1.99. The number of rotatable bonds is 4. The molecule has 0 unspecified atom stereocenters. The molecule has 0 radical (unpaired) electrons. The van der Waals surface area contributed by atoms with Gasteiger partial charge in [-0.3, -0.25) is 14.8 Å². The maximum absolute atomic E-state index is 12.0. The Kier molecular flexibility index (Phi) is 3.31. The van der Waals surface area contributed by atoms with E-state index in [9.17, 15) is 4.79 Å². The number of fused-ring (bicyclic) bond motifs is 2. The predicted octanol–water partition coefficient (Wildman–Crippen LogP) is 1.83. The van der Waals surface area contributed by atoms with Gasteiger partial charge in [-0.15, -0.1) is 11.3 Å². The lowest BCUT2D eigenvalue weighted by Crippen LogP contribution is -2.22. The molecule has 4 rings (SSSR count). The van der Waals surface area contributed by atoms with Crippen molar-refractivity contribution >= 4 is 21.6 Å². The molecule has 0 amide bonds. The second-order valence-electron chi connectivity index (χ2n) is 5.80. The second kappa shape index (κ2) is 5.33. The Morgan fingerprint density at radius 3 is 3.18 bits per heavy atom. The minimum absolute atomic E-state index is 0.0518. The van der Waals surface area contributed by atoms with Crippen molar-refractivity contribution in [1.82, 2.24) is 25.1 Å². The van der Waals surface area contributed by atoms with Gasteiger partial charge in [-0.05, 0) is 43.3 Å². The van der Waals surface area contributed by atoms with Crippen molar-refractivity contribution in [3.8, 4) is 0 Å². The first-order chi connectivity index (χ1) is 10.7. The van der Waals surface area contributed by atoms with Crippen LogP contribution in [0.5, 0.6) is 0 Å². The zero-order chi connectivity index (χ0) is 15.1. The monoisotopic (exact) mass is 315 g/mol. The first kappa shape index (κ1) is 13.7. The molecule has 1 aliphatic carbocycles. The van der Waals surface area contributed by atoms with Crippen LogP contribution in [0.1, 0.15) is 29.2 Å². The summed E-state index contributed by atoms with van der Waals surface area (Å²) in [5.41, 5.74) is 4.51. The van der Waals surface area contributed by atoms with Gasteiger partial charge in [0, 0.05) is 12.2 Å². The number of aromatic nitrogens is 4. The average Bonchev–Trinajstić information content (AvgIpc) is 3.16. The van der Waals surface area contributed by atoms with E-state index < -0.39 is 0 Å². The molecule has 3 aromatic heterocycles. The van der Waals surface area contributed by atoms with Gasteiger partial charge in [-0.2, -0.15) is 5.10 Å². The van der Waals surface area contributed by atoms with Crippen molar-refractivity contribution < 1.29 is 0 Å². The zero-order valence-corrected chi connectivity index (χ0v) is 13.2. The van der Waals surface area contributed by atoms with E-state index in [1.54, 1.807) is 0 Å². The van der Waals surface area contributed by atoms with Crippen molar-refractivity contribution in [2.24, 2.45) is 0 Å². The van der Waals surface area contributed by atoms with Gasteiger partial charge in [0.25, 0.3) is 5.56 Å². The Labute approximate surface area is 131 Å². The number of aryl methyl sites for hydroxylation is 1. The van der Waals surface area contributed by atoms with E-state index in [2.05, 4.69) is 25.1 Å². The molecule has 6 nitrogen and oxygen atoms in total. The first-order valence-electron chi connectivity index (χ1n) is 7.40. The van der Waals surface area contributed by atoms with Gasteiger partial charge >= 0.3 is 0 Å². The van der Waals surface area contributed by atoms with Crippen LogP contribution in [0.3, 0.4) is 0 Å². The topological polar surface area (TPSA) is 77.7 Å². The molecule has 114 valence electrons. The Bertz CT molecular complexity index is 878. The summed E-state index contributed by atoms with van der Waals surface area (Å²) in [5, 5.41) is 9.45. The minimum atomic E-state index is -0.0518. The fourth-order valence-electron chi connectivity index (χ4n) is 3.08. The SMILES string of the molecule is CN(Cc1nc2ccsc2c(=O)[nH]1)Cc1n[nH]c2c1CCC2. The third kappa shape index (κ3) is 2.36. The molecule has 0 saturated heterocycles.